The van der Waals surface area contributed by atoms with E-state index >= 15 is 0 Å². The monoisotopic (exact) mass is 294 g/mol. The second kappa shape index (κ2) is 5.04. The molecule has 0 N–H and O–H groups in total. The molecule has 0 saturated carbocycles. The van der Waals surface area contributed by atoms with E-state index in [2.05, 4.69) is 40.2 Å². The Kier molecular flexibility index (Phi) is 3.99. The van der Waals surface area contributed by atoms with Gasteiger partial charge in [-0.1, -0.05) is 38.7 Å². The van der Waals surface area contributed by atoms with Crippen molar-refractivity contribution in [3.63, 3.8) is 0 Å². The Labute approximate surface area is 95.5 Å². The van der Waals surface area contributed by atoms with Crippen LogP contribution >= 0.6 is 45.2 Å². The van der Waals surface area contributed by atoms with Crippen molar-refractivity contribution in [1.82, 2.24) is 0 Å². The Morgan fingerprint density at radius 3 is 2.77 bits per heavy atom. The first-order valence-electron chi connectivity index (χ1n) is 3.84. The van der Waals surface area contributed by atoms with Gasteiger partial charge in [0, 0.05) is 15.1 Å². The largest absolute Gasteiger partial charge is 0.338 e. The second-order valence-electron chi connectivity index (χ2n) is 2.44. The summed E-state index contributed by atoms with van der Waals surface area (Å²) in [4.78, 5) is 1.30. The van der Waals surface area contributed by atoms with Crippen LogP contribution in [0.15, 0.2) is 33.6 Å². The molecule has 1 nitrogen and oxygen atoms in total. The number of benzene rings is 1. The van der Waals surface area contributed by atoms with Crippen LogP contribution < -0.4 is 0 Å². The van der Waals surface area contributed by atoms with Crippen LogP contribution in [0.3, 0.4) is 0 Å². The third-order valence-corrected chi connectivity index (χ3v) is 8.10. The van der Waals surface area contributed by atoms with Crippen LogP contribution in [0.5, 0.6) is 0 Å². The standard InChI is InChI=1S/C8H8BrOPS2/c9-7-1-3-8(4-2-7)13-11-10-5-6-12-11/h1-4H,5-6H2. The lowest BCUT2D eigenvalue weighted by molar-refractivity contribution is 0.407. The van der Waals surface area contributed by atoms with Crippen molar-refractivity contribution in [2.75, 3.05) is 12.4 Å². The smallest absolute Gasteiger partial charge is 0.156 e. The van der Waals surface area contributed by atoms with E-state index < -0.39 is 0 Å². The van der Waals surface area contributed by atoms with E-state index in [1.807, 2.05) is 22.8 Å². The first-order valence-corrected chi connectivity index (χ1v) is 8.90. The van der Waals surface area contributed by atoms with Gasteiger partial charge in [0.05, 0.1) is 6.61 Å². The number of hydrogen-bond acceptors (Lipinski definition) is 3. The van der Waals surface area contributed by atoms with Gasteiger partial charge in [0.2, 0.25) is 0 Å². The van der Waals surface area contributed by atoms with Gasteiger partial charge >= 0.3 is 0 Å². The maximum absolute atomic E-state index is 5.57. The zero-order valence-electron chi connectivity index (χ0n) is 6.77. The zero-order chi connectivity index (χ0) is 9.10. The molecule has 2 rings (SSSR count). The van der Waals surface area contributed by atoms with Gasteiger partial charge in [-0.25, -0.2) is 0 Å². The second-order valence-corrected chi connectivity index (χ2v) is 9.38. The lowest BCUT2D eigenvalue weighted by Crippen LogP contribution is -1.75. The zero-order valence-corrected chi connectivity index (χ0v) is 10.9. The van der Waals surface area contributed by atoms with Gasteiger partial charge in [-0.05, 0) is 24.3 Å². The number of halogens is 1. The van der Waals surface area contributed by atoms with E-state index in [0.717, 1.165) is 16.8 Å². The Bertz CT molecular complexity index is 274. The molecule has 0 aromatic heterocycles. The third kappa shape index (κ3) is 3.14. The van der Waals surface area contributed by atoms with Gasteiger partial charge < -0.3 is 4.52 Å². The molecule has 70 valence electrons. The lowest BCUT2D eigenvalue weighted by atomic mass is 10.4. The molecule has 1 aromatic rings. The molecule has 1 heterocycles. The summed E-state index contributed by atoms with van der Waals surface area (Å²) in [7, 11) is 0. The molecule has 0 amide bonds. The average Bonchev–Trinajstić information content (AvgIpc) is 2.62. The van der Waals surface area contributed by atoms with Crippen molar-refractivity contribution in [3.05, 3.63) is 28.7 Å². The van der Waals surface area contributed by atoms with E-state index in [4.69, 9.17) is 4.52 Å². The van der Waals surface area contributed by atoms with E-state index in [9.17, 15) is 0 Å². The molecule has 1 atom stereocenters. The van der Waals surface area contributed by atoms with Crippen LogP contribution in [-0.4, -0.2) is 12.4 Å². The number of hydrogen-bond donors (Lipinski definition) is 0. The SMILES string of the molecule is Brc1ccc(SP2OCCS2)cc1. The molecule has 1 aliphatic rings. The molecule has 0 spiro atoms. The molecule has 1 aliphatic heterocycles. The van der Waals surface area contributed by atoms with Crippen LogP contribution in [0.2, 0.25) is 0 Å². The Hall–Kier alpha value is 0.790. The van der Waals surface area contributed by atoms with Gasteiger partial charge in [0.25, 0.3) is 0 Å². The molecule has 0 bridgehead atoms. The highest BCUT2D eigenvalue weighted by Gasteiger charge is 2.17. The van der Waals surface area contributed by atoms with Crippen molar-refractivity contribution in [2.24, 2.45) is 0 Å². The maximum Gasteiger partial charge on any atom is 0.156 e. The molecular weight excluding hydrogens is 287 g/mol. The fraction of sp³-hybridized carbons (Fsp3) is 0.250. The van der Waals surface area contributed by atoms with Crippen molar-refractivity contribution in [2.45, 2.75) is 4.90 Å². The average molecular weight is 295 g/mol. The highest BCUT2D eigenvalue weighted by atomic mass is 79.9. The molecule has 5 heteroatoms. The molecule has 1 unspecified atom stereocenters. The molecule has 1 saturated heterocycles. The molecule has 0 aliphatic carbocycles. The summed E-state index contributed by atoms with van der Waals surface area (Å²) in [5.74, 6) is 1.15. The minimum Gasteiger partial charge on any atom is -0.338 e. The third-order valence-electron chi connectivity index (χ3n) is 1.47. The molecular formula is C8H8BrOPS2. The normalized spacial score (nSPS) is 22.1. The maximum atomic E-state index is 5.57. The summed E-state index contributed by atoms with van der Waals surface area (Å²) >= 11 is 7.20. The van der Waals surface area contributed by atoms with Crippen LogP contribution in [0.1, 0.15) is 0 Å². The predicted molar refractivity (Wildman–Crippen MR) is 65.3 cm³/mol. The first-order chi connectivity index (χ1) is 6.34. The highest BCUT2D eigenvalue weighted by Crippen LogP contribution is 2.67. The van der Waals surface area contributed by atoms with Crippen molar-refractivity contribution in [3.8, 4) is 0 Å². The van der Waals surface area contributed by atoms with Gasteiger partial charge in [-0.15, -0.1) is 0 Å². The highest BCUT2D eigenvalue weighted by molar-refractivity contribution is 9.10. The predicted octanol–water partition coefficient (Wildman–Crippen LogP) is 4.53. The van der Waals surface area contributed by atoms with Gasteiger partial charge in [-0.2, -0.15) is 0 Å². The Morgan fingerprint density at radius 1 is 1.38 bits per heavy atom. The number of rotatable bonds is 2. The van der Waals surface area contributed by atoms with Crippen molar-refractivity contribution >= 4 is 45.2 Å². The molecule has 1 fully saturated rings. The summed E-state index contributed by atoms with van der Waals surface area (Å²) in [5.41, 5.74) is 0. The van der Waals surface area contributed by atoms with E-state index in [1.165, 1.54) is 4.90 Å². The quantitative estimate of drug-likeness (QED) is 0.742. The lowest BCUT2D eigenvalue weighted by Gasteiger charge is -2.06. The fourth-order valence-corrected chi connectivity index (χ4v) is 6.90. The Balaban J connectivity index is 1.97. The Morgan fingerprint density at radius 2 is 2.15 bits per heavy atom. The summed E-state index contributed by atoms with van der Waals surface area (Å²) < 4.78 is 6.70. The summed E-state index contributed by atoms with van der Waals surface area (Å²) in [6.45, 7) is 0.604. The minimum absolute atomic E-state index is 0.313. The van der Waals surface area contributed by atoms with Crippen molar-refractivity contribution in [1.29, 1.82) is 0 Å². The molecule has 13 heavy (non-hydrogen) atoms. The van der Waals surface area contributed by atoms with Crippen LogP contribution in [0.4, 0.5) is 0 Å². The molecule has 1 aromatic carbocycles. The van der Waals surface area contributed by atoms with E-state index in [1.54, 1.807) is 0 Å². The van der Waals surface area contributed by atoms with E-state index in [0.29, 0.717) is 0 Å². The van der Waals surface area contributed by atoms with Gasteiger partial charge in [0.15, 0.2) is 6.55 Å². The summed E-state index contributed by atoms with van der Waals surface area (Å²) in [6, 6.07) is 8.38. The molecule has 0 radical (unpaired) electrons. The first kappa shape index (κ1) is 10.3. The fourth-order valence-electron chi connectivity index (χ4n) is 0.895. The topological polar surface area (TPSA) is 9.23 Å². The summed E-state index contributed by atoms with van der Waals surface area (Å²) in [6.07, 6.45) is 0. The van der Waals surface area contributed by atoms with Crippen molar-refractivity contribution < 1.29 is 4.52 Å². The van der Waals surface area contributed by atoms with Crippen LogP contribution in [-0.2, 0) is 4.52 Å². The summed E-state index contributed by atoms with van der Waals surface area (Å²) in [5, 5.41) is 0. The van der Waals surface area contributed by atoms with Gasteiger partial charge in [-0.3, -0.25) is 0 Å². The minimum atomic E-state index is -0.313. The van der Waals surface area contributed by atoms with Crippen LogP contribution in [0, 0.1) is 0 Å². The van der Waals surface area contributed by atoms with E-state index in [-0.39, 0.29) is 6.55 Å². The van der Waals surface area contributed by atoms with Gasteiger partial charge in [0.1, 0.15) is 0 Å². The van der Waals surface area contributed by atoms with Crippen LogP contribution in [0.25, 0.3) is 0 Å².